The van der Waals surface area contributed by atoms with Crippen molar-refractivity contribution in [2.75, 3.05) is 0 Å². The maximum atomic E-state index is 12.0. The largest absolute Gasteiger partial charge is 0.290 e. The normalized spacial score (nSPS) is 11.0. The van der Waals surface area contributed by atoms with Gasteiger partial charge < -0.3 is 0 Å². The van der Waals surface area contributed by atoms with Crippen molar-refractivity contribution in [3.8, 4) is 0 Å². The third-order valence-corrected chi connectivity index (χ3v) is 3.63. The van der Waals surface area contributed by atoms with E-state index in [1.807, 2.05) is 13.8 Å². The van der Waals surface area contributed by atoms with E-state index in [0.29, 0.717) is 23.8 Å². The van der Waals surface area contributed by atoms with E-state index in [9.17, 15) is 4.79 Å². The number of hydrogen-bond donors (Lipinski definition) is 0. The van der Waals surface area contributed by atoms with Crippen LogP contribution in [-0.2, 0) is 20.0 Å². The summed E-state index contributed by atoms with van der Waals surface area (Å²) in [5.41, 5.74) is 1.33. The Morgan fingerprint density at radius 1 is 1.37 bits per heavy atom. The first-order valence-corrected chi connectivity index (χ1v) is 6.63. The van der Waals surface area contributed by atoms with Crippen LogP contribution in [0.1, 0.15) is 24.1 Å². The van der Waals surface area contributed by atoms with Gasteiger partial charge in [0.25, 0.3) is 5.56 Å². The lowest BCUT2D eigenvalue weighted by Crippen LogP contribution is -2.25. The molecule has 0 saturated heterocycles. The molecule has 0 bridgehead atoms. The van der Waals surface area contributed by atoms with E-state index in [-0.39, 0.29) is 10.7 Å². The van der Waals surface area contributed by atoms with Crippen molar-refractivity contribution in [3.63, 3.8) is 0 Å². The van der Waals surface area contributed by atoms with Crippen LogP contribution in [0.2, 0.25) is 10.2 Å². The number of hydrogen-bond acceptors (Lipinski definition) is 3. The number of aromatic nitrogens is 4. The molecule has 2 aromatic rings. The molecule has 0 unspecified atom stereocenters. The lowest BCUT2D eigenvalue weighted by atomic mass is 10.3. The van der Waals surface area contributed by atoms with E-state index >= 15 is 0 Å². The molecule has 7 heteroatoms. The van der Waals surface area contributed by atoms with Gasteiger partial charge in [-0.2, -0.15) is 5.10 Å². The number of rotatable bonds is 3. The minimum atomic E-state index is -0.188. The zero-order chi connectivity index (χ0) is 14.2. The van der Waals surface area contributed by atoms with Crippen LogP contribution in [0.3, 0.4) is 0 Å². The standard InChI is InChI=1S/C12H14Cl2N4O/c1-4-10-15-9(13)5-11(19)18(10)6-8-12(14)7(2)16-17(8)3/h5H,4,6H2,1-3H3. The van der Waals surface area contributed by atoms with Crippen molar-refractivity contribution in [3.05, 3.63) is 43.8 Å². The second kappa shape index (κ2) is 5.35. The average Bonchev–Trinajstić information content (AvgIpc) is 2.58. The van der Waals surface area contributed by atoms with E-state index in [1.54, 1.807) is 16.3 Å². The highest BCUT2D eigenvalue weighted by molar-refractivity contribution is 6.31. The fourth-order valence-electron chi connectivity index (χ4n) is 1.96. The summed E-state index contributed by atoms with van der Waals surface area (Å²) in [5.74, 6) is 0.632. The minimum absolute atomic E-state index is 0.188. The second-order valence-electron chi connectivity index (χ2n) is 4.24. The second-order valence-corrected chi connectivity index (χ2v) is 5.01. The van der Waals surface area contributed by atoms with E-state index in [0.717, 1.165) is 11.4 Å². The molecule has 2 rings (SSSR count). The van der Waals surface area contributed by atoms with Crippen molar-refractivity contribution in [1.82, 2.24) is 19.3 Å². The fraction of sp³-hybridized carbons (Fsp3) is 0.417. The summed E-state index contributed by atoms with van der Waals surface area (Å²) in [6.45, 7) is 4.09. The van der Waals surface area contributed by atoms with Gasteiger partial charge in [-0.1, -0.05) is 30.1 Å². The van der Waals surface area contributed by atoms with Gasteiger partial charge in [0.05, 0.1) is 23.0 Å². The first-order chi connectivity index (χ1) is 8.93. The van der Waals surface area contributed by atoms with Gasteiger partial charge >= 0.3 is 0 Å². The van der Waals surface area contributed by atoms with E-state index in [4.69, 9.17) is 23.2 Å². The van der Waals surface area contributed by atoms with Crippen molar-refractivity contribution in [2.45, 2.75) is 26.8 Å². The van der Waals surface area contributed by atoms with Crippen molar-refractivity contribution in [2.24, 2.45) is 7.05 Å². The van der Waals surface area contributed by atoms with Crippen LogP contribution in [0.5, 0.6) is 0 Å². The first-order valence-electron chi connectivity index (χ1n) is 5.88. The third kappa shape index (κ3) is 2.67. The highest BCUT2D eigenvalue weighted by Crippen LogP contribution is 2.20. The third-order valence-electron chi connectivity index (χ3n) is 2.94. The van der Waals surface area contributed by atoms with Crippen LogP contribution in [0.15, 0.2) is 10.9 Å². The lowest BCUT2D eigenvalue weighted by Gasteiger charge is -2.11. The molecule has 0 N–H and O–H groups in total. The molecule has 19 heavy (non-hydrogen) atoms. The van der Waals surface area contributed by atoms with Crippen LogP contribution in [0.25, 0.3) is 0 Å². The molecule has 5 nitrogen and oxygen atoms in total. The zero-order valence-electron chi connectivity index (χ0n) is 10.9. The molecule has 0 aliphatic carbocycles. The number of aryl methyl sites for hydroxylation is 3. The van der Waals surface area contributed by atoms with Crippen LogP contribution >= 0.6 is 23.2 Å². The summed E-state index contributed by atoms with van der Waals surface area (Å²) in [6.07, 6.45) is 0.615. The van der Waals surface area contributed by atoms with Crippen LogP contribution in [-0.4, -0.2) is 19.3 Å². The molecule has 0 radical (unpaired) electrons. The van der Waals surface area contributed by atoms with E-state index < -0.39 is 0 Å². The summed E-state index contributed by atoms with van der Waals surface area (Å²) in [7, 11) is 1.80. The monoisotopic (exact) mass is 300 g/mol. The summed E-state index contributed by atoms with van der Waals surface area (Å²) >= 11 is 12.0. The smallest absolute Gasteiger partial charge is 0.255 e. The molecular formula is C12H14Cl2N4O. The van der Waals surface area contributed by atoms with Gasteiger partial charge in [0, 0.05) is 19.5 Å². The van der Waals surface area contributed by atoms with E-state index in [2.05, 4.69) is 10.1 Å². The predicted molar refractivity (Wildman–Crippen MR) is 74.9 cm³/mol. The van der Waals surface area contributed by atoms with Crippen molar-refractivity contribution < 1.29 is 0 Å². The van der Waals surface area contributed by atoms with Crippen LogP contribution in [0.4, 0.5) is 0 Å². The first kappa shape index (κ1) is 14.1. The average molecular weight is 301 g/mol. The van der Waals surface area contributed by atoms with Gasteiger partial charge in [0.2, 0.25) is 0 Å². The highest BCUT2D eigenvalue weighted by atomic mass is 35.5. The van der Waals surface area contributed by atoms with Crippen molar-refractivity contribution >= 4 is 23.2 Å². The molecule has 0 spiro atoms. The molecule has 0 atom stereocenters. The van der Waals surface area contributed by atoms with Gasteiger partial charge in [-0.3, -0.25) is 14.0 Å². The Morgan fingerprint density at radius 2 is 2.05 bits per heavy atom. The van der Waals surface area contributed by atoms with E-state index in [1.165, 1.54) is 6.07 Å². The van der Waals surface area contributed by atoms with Crippen LogP contribution in [0, 0.1) is 6.92 Å². The topological polar surface area (TPSA) is 52.7 Å². The molecule has 102 valence electrons. The molecule has 2 aromatic heterocycles. The molecule has 0 aliphatic rings. The SMILES string of the molecule is CCc1nc(Cl)cc(=O)n1Cc1c(Cl)c(C)nn1C. The van der Waals surface area contributed by atoms with Gasteiger partial charge in [-0.05, 0) is 6.92 Å². The highest BCUT2D eigenvalue weighted by Gasteiger charge is 2.14. The molecule has 0 saturated carbocycles. The molecule has 0 aromatic carbocycles. The van der Waals surface area contributed by atoms with Crippen LogP contribution < -0.4 is 5.56 Å². The van der Waals surface area contributed by atoms with Crippen molar-refractivity contribution in [1.29, 1.82) is 0 Å². The Morgan fingerprint density at radius 3 is 2.58 bits per heavy atom. The number of nitrogens with zero attached hydrogens (tertiary/aromatic N) is 4. The molecule has 0 aliphatic heterocycles. The Kier molecular flexibility index (Phi) is 3.96. The predicted octanol–water partition coefficient (Wildman–Crippen LogP) is 2.20. The Bertz CT molecular complexity index is 675. The summed E-state index contributed by atoms with van der Waals surface area (Å²) in [6, 6.07) is 1.30. The van der Waals surface area contributed by atoms with Gasteiger partial charge in [-0.25, -0.2) is 4.98 Å². The quantitative estimate of drug-likeness (QED) is 0.817. The lowest BCUT2D eigenvalue weighted by molar-refractivity contribution is 0.617. The number of halogens is 2. The van der Waals surface area contributed by atoms with Gasteiger partial charge in [-0.15, -0.1) is 0 Å². The maximum Gasteiger partial charge on any atom is 0.255 e. The molecular weight excluding hydrogens is 287 g/mol. The summed E-state index contributed by atoms with van der Waals surface area (Å²) in [4.78, 5) is 16.2. The van der Waals surface area contributed by atoms with Gasteiger partial charge in [0.1, 0.15) is 11.0 Å². The Labute approximate surface area is 120 Å². The van der Waals surface area contributed by atoms with Gasteiger partial charge in [0.15, 0.2) is 0 Å². The fourth-order valence-corrected chi connectivity index (χ4v) is 2.37. The maximum absolute atomic E-state index is 12.0. The molecule has 0 amide bonds. The summed E-state index contributed by atoms with van der Waals surface area (Å²) in [5, 5.41) is 5.02. The minimum Gasteiger partial charge on any atom is -0.290 e. The Balaban J connectivity index is 2.52. The Hall–Kier alpha value is -1.33. The summed E-state index contributed by atoms with van der Waals surface area (Å²) < 4.78 is 3.24. The molecule has 2 heterocycles. The molecule has 0 fully saturated rings. The zero-order valence-corrected chi connectivity index (χ0v) is 12.5.